The molecule has 1 aromatic heterocycles. The summed E-state index contributed by atoms with van der Waals surface area (Å²) < 4.78 is 8.17. The number of esters is 1. The van der Waals surface area contributed by atoms with Crippen LogP contribution in [0.3, 0.4) is 0 Å². The van der Waals surface area contributed by atoms with Gasteiger partial charge in [0.1, 0.15) is 6.04 Å². The van der Waals surface area contributed by atoms with Crippen LogP contribution in [0.25, 0.3) is 0 Å². The molecule has 1 unspecified atom stereocenters. The van der Waals surface area contributed by atoms with Gasteiger partial charge in [-0.15, -0.1) is 5.10 Å². The van der Waals surface area contributed by atoms with Crippen LogP contribution in [0.4, 0.5) is 5.95 Å². The number of rotatable bonds is 7. The number of fused-ring (bicyclic) bond motifs is 1. The Bertz CT molecular complexity index is 1180. The quantitative estimate of drug-likeness (QED) is 0.287. The van der Waals surface area contributed by atoms with Crippen molar-refractivity contribution in [3.8, 4) is 0 Å². The Hall–Kier alpha value is -2.29. The number of hydrogen-bond acceptors (Lipinski definition) is 6. The number of ether oxygens (including phenoxy) is 1. The van der Waals surface area contributed by atoms with Crippen LogP contribution in [0, 0.1) is 0 Å². The van der Waals surface area contributed by atoms with Crippen LogP contribution in [-0.4, -0.2) is 27.3 Å². The van der Waals surface area contributed by atoms with E-state index < -0.39 is 6.04 Å². The van der Waals surface area contributed by atoms with E-state index in [-0.39, 0.29) is 5.97 Å². The molecule has 3 aromatic rings. The largest absolute Gasteiger partial charge is 0.462 e. The van der Waals surface area contributed by atoms with Gasteiger partial charge in [0.2, 0.25) is 11.1 Å². The van der Waals surface area contributed by atoms with Gasteiger partial charge < -0.3 is 10.1 Å². The smallest absolute Gasteiger partial charge is 0.338 e. The fourth-order valence-corrected chi connectivity index (χ4v) is 5.00. The lowest BCUT2D eigenvalue weighted by Crippen LogP contribution is -2.29. The van der Waals surface area contributed by atoms with Crippen molar-refractivity contribution in [2.24, 2.45) is 0 Å². The molecule has 1 N–H and O–H groups in total. The van der Waals surface area contributed by atoms with Crippen LogP contribution in [-0.2, 0) is 15.3 Å². The zero-order valence-corrected chi connectivity index (χ0v) is 20.8. The van der Waals surface area contributed by atoms with Crippen LogP contribution in [0.2, 0.25) is 5.02 Å². The van der Waals surface area contributed by atoms with Crippen molar-refractivity contribution in [3.05, 3.63) is 80.4 Å². The van der Waals surface area contributed by atoms with Crippen molar-refractivity contribution in [1.29, 1.82) is 0 Å². The predicted molar refractivity (Wildman–Crippen MR) is 131 cm³/mol. The number of carbonyl (C=O) groups excluding carboxylic acids is 1. The highest BCUT2D eigenvalue weighted by Crippen LogP contribution is 2.38. The van der Waals surface area contributed by atoms with Crippen molar-refractivity contribution in [2.45, 2.75) is 37.2 Å². The standard InChI is InChI=1S/C23H22BrClN4O2S/c1-3-11-31-21(30)19-14(2)26-22-27-23(32-13-16-7-4-5-10-18(16)25)28-29(22)20(19)15-8-6-9-17(24)12-15/h4-10,12,20H,3,11,13H2,1-2H3,(H,26,27,28). The van der Waals surface area contributed by atoms with Crippen molar-refractivity contribution in [3.63, 3.8) is 0 Å². The van der Waals surface area contributed by atoms with Gasteiger partial charge in [-0.2, -0.15) is 4.98 Å². The lowest BCUT2D eigenvalue weighted by atomic mass is 9.96. The second-order valence-electron chi connectivity index (χ2n) is 7.30. The van der Waals surface area contributed by atoms with Gasteiger partial charge in [-0.3, -0.25) is 0 Å². The first-order valence-electron chi connectivity index (χ1n) is 10.2. The third-order valence-electron chi connectivity index (χ3n) is 4.97. The molecule has 0 bridgehead atoms. The first-order valence-corrected chi connectivity index (χ1v) is 12.4. The Labute approximate surface area is 204 Å². The number of hydrogen-bond donors (Lipinski definition) is 1. The predicted octanol–water partition coefficient (Wildman–Crippen LogP) is 6.23. The van der Waals surface area contributed by atoms with E-state index >= 15 is 0 Å². The summed E-state index contributed by atoms with van der Waals surface area (Å²) in [4.78, 5) is 17.7. The van der Waals surface area contributed by atoms with E-state index in [4.69, 9.17) is 21.4 Å². The van der Waals surface area contributed by atoms with E-state index in [1.807, 2.05) is 62.4 Å². The summed E-state index contributed by atoms with van der Waals surface area (Å²) in [6, 6.07) is 15.1. The molecule has 9 heteroatoms. The number of thioether (sulfide) groups is 1. The van der Waals surface area contributed by atoms with Crippen LogP contribution in [0.5, 0.6) is 0 Å². The summed E-state index contributed by atoms with van der Waals surface area (Å²) in [6.07, 6.45) is 0.754. The Morgan fingerprint density at radius 1 is 1.28 bits per heavy atom. The van der Waals surface area contributed by atoms with E-state index in [0.29, 0.717) is 39.8 Å². The van der Waals surface area contributed by atoms with Gasteiger partial charge in [0.15, 0.2) is 0 Å². The van der Waals surface area contributed by atoms with Gasteiger partial charge in [-0.1, -0.05) is 76.5 Å². The lowest BCUT2D eigenvalue weighted by Gasteiger charge is -2.28. The highest BCUT2D eigenvalue weighted by molar-refractivity contribution is 9.10. The molecule has 2 heterocycles. The second kappa shape index (κ2) is 10.1. The van der Waals surface area contributed by atoms with Crippen molar-refractivity contribution in [2.75, 3.05) is 11.9 Å². The maximum atomic E-state index is 13.0. The molecule has 166 valence electrons. The molecular formula is C23H22BrClN4O2S. The summed E-state index contributed by atoms with van der Waals surface area (Å²) in [7, 11) is 0. The molecule has 0 amide bonds. The van der Waals surface area contributed by atoms with Gasteiger partial charge >= 0.3 is 5.97 Å². The second-order valence-corrected chi connectivity index (χ2v) is 9.57. The molecule has 6 nitrogen and oxygen atoms in total. The monoisotopic (exact) mass is 532 g/mol. The first-order chi connectivity index (χ1) is 15.5. The van der Waals surface area contributed by atoms with Crippen molar-refractivity contribution < 1.29 is 9.53 Å². The summed E-state index contributed by atoms with van der Waals surface area (Å²) in [5, 5.41) is 9.28. The fraction of sp³-hybridized carbons (Fsp3) is 0.261. The molecule has 0 saturated heterocycles. The molecule has 32 heavy (non-hydrogen) atoms. The van der Waals surface area contributed by atoms with E-state index in [1.165, 1.54) is 11.8 Å². The molecule has 0 aliphatic carbocycles. The summed E-state index contributed by atoms with van der Waals surface area (Å²) in [6.45, 7) is 4.20. The molecule has 1 aliphatic rings. The summed E-state index contributed by atoms with van der Waals surface area (Å²) in [5.41, 5.74) is 3.16. The average Bonchev–Trinajstić information content (AvgIpc) is 3.18. The van der Waals surface area contributed by atoms with E-state index in [1.54, 1.807) is 4.68 Å². The highest BCUT2D eigenvalue weighted by atomic mass is 79.9. The van der Waals surface area contributed by atoms with Crippen molar-refractivity contribution >= 4 is 51.2 Å². The van der Waals surface area contributed by atoms with Crippen LogP contribution >= 0.6 is 39.3 Å². The van der Waals surface area contributed by atoms with Crippen LogP contribution in [0.1, 0.15) is 37.4 Å². The number of carbonyl (C=O) groups is 1. The Balaban J connectivity index is 1.69. The lowest BCUT2D eigenvalue weighted by molar-refractivity contribution is -0.139. The third-order valence-corrected chi connectivity index (χ3v) is 6.72. The summed E-state index contributed by atoms with van der Waals surface area (Å²) in [5.74, 6) is 0.872. The van der Waals surface area contributed by atoms with E-state index in [9.17, 15) is 4.79 Å². The molecule has 1 atom stereocenters. The number of benzene rings is 2. The zero-order valence-electron chi connectivity index (χ0n) is 17.6. The average molecular weight is 534 g/mol. The number of halogens is 2. The Kier molecular flexibility index (Phi) is 7.23. The van der Waals surface area contributed by atoms with E-state index in [0.717, 1.165) is 22.0 Å². The number of allylic oxidation sites excluding steroid dienone is 1. The van der Waals surface area contributed by atoms with Gasteiger partial charge in [0.25, 0.3) is 0 Å². The van der Waals surface area contributed by atoms with Gasteiger partial charge in [0.05, 0.1) is 12.2 Å². The van der Waals surface area contributed by atoms with Gasteiger partial charge in [-0.05, 0) is 42.7 Å². The maximum absolute atomic E-state index is 13.0. The fourth-order valence-electron chi connectivity index (χ4n) is 3.47. The van der Waals surface area contributed by atoms with Crippen LogP contribution < -0.4 is 5.32 Å². The number of aromatic nitrogens is 3. The van der Waals surface area contributed by atoms with Crippen LogP contribution in [0.15, 0.2) is 69.4 Å². The number of anilines is 1. The maximum Gasteiger partial charge on any atom is 0.338 e. The molecule has 0 saturated carbocycles. The molecule has 4 rings (SSSR count). The molecule has 1 aliphatic heterocycles. The Morgan fingerprint density at radius 2 is 2.09 bits per heavy atom. The Morgan fingerprint density at radius 3 is 2.84 bits per heavy atom. The number of nitrogens with zero attached hydrogens (tertiary/aromatic N) is 3. The third kappa shape index (κ3) is 4.87. The zero-order chi connectivity index (χ0) is 22.7. The minimum atomic E-state index is -0.449. The summed E-state index contributed by atoms with van der Waals surface area (Å²) >= 11 is 11.3. The first kappa shape index (κ1) is 22.9. The number of nitrogens with one attached hydrogen (secondary N) is 1. The molecule has 0 spiro atoms. The SMILES string of the molecule is CCCOC(=O)C1=C(C)Nc2nc(SCc3ccccc3Cl)nn2C1c1cccc(Br)c1. The minimum Gasteiger partial charge on any atom is -0.462 e. The molecule has 0 fully saturated rings. The van der Waals surface area contributed by atoms with Crippen molar-refractivity contribution in [1.82, 2.24) is 14.8 Å². The molecular weight excluding hydrogens is 512 g/mol. The van der Waals surface area contributed by atoms with Gasteiger partial charge in [0, 0.05) is 20.9 Å². The topological polar surface area (TPSA) is 69.0 Å². The minimum absolute atomic E-state index is 0.353. The molecule has 0 radical (unpaired) electrons. The molecule has 2 aromatic carbocycles. The van der Waals surface area contributed by atoms with Gasteiger partial charge in [-0.25, -0.2) is 9.48 Å². The van der Waals surface area contributed by atoms with E-state index in [2.05, 4.69) is 26.2 Å². The highest BCUT2D eigenvalue weighted by Gasteiger charge is 2.35. The normalized spacial score (nSPS) is 15.3.